The Bertz CT molecular complexity index is 484. The van der Waals surface area contributed by atoms with Gasteiger partial charge in [0.05, 0.1) is 5.41 Å². The van der Waals surface area contributed by atoms with Gasteiger partial charge in [-0.15, -0.1) is 6.58 Å². The van der Waals surface area contributed by atoms with E-state index in [4.69, 9.17) is 4.74 Å². The Kier molecular flexibility index (Phi) is 3.73. The van der Waals surface area contributed by atoms with Crippen molar-refractivity contribution in [3.05, 3.63) is 12.7 Å². The number of allylic oxidation sites excluding steroid dienone is 1. The van der Waals surface area contributed by atoms with E-state index >= 15 is 0 Å². The van der Waals surface area contributed by atoms with Crippen LogP contribution in [0.4, 0.5) is 0 Å². The van der Waals surface area contributed by atoms with Crippen LogP contribution in [0, 0.1) is 28.6 Å². The molecule has 0 aromatic carbocycles. The van der Waals surface area contributed by atoms with E-state index in [0.29, 0.717) is 17.8 Å². The zero-order valence-electron chi connectivity index (χ0n) is 14.8. The van der Waals surface area contributed by atoms with E-state index in [0.717, 1.165) is 38.5 Å². The third kappa shape index (κ3) is 1.88. The van der Waals surface area contributed by atoms with Gasteiger partial charge < -0.3 is 4.74 Å². The molecule has 0 unspecified atom stereocenters. The zero-order valence-corrected chi connectivity index (χ0v) is 14.8. The molecule has 6 atom stereocenters. The Hall–Kier alpha value is -0.790. The predicted molar refractivity (Wildman–Crippen MR) is 89.4 cm³/mol. The summed E-state index contributed by atoms with van der Waals surface area (Å²) < 4.78 is 6.27. The van der Waals surface area contributed by atoms with Crippen LogP contribution in [-0.4, -0.2) is 11.6 Å². The fraction of sp³-hybridized carbons (Fsp3) is 0.850. The smallest absolute Gasteiger partial charge is 0.312 e. The summed E-state index contributed by atoms with van der Waals surface area (Å²) in [7, 11) is 0. The highest BCUT2D eigenvalue weighted by Crippen LogP contribution is 2.68. The molecular weight excluding hydrogens is 272 g/mol. The Balaban J connectivity index is 1.97. The molecule has 0 N–H and O–H groups in total. The second kappa shape index (κ2) is 5.11. The topological polar surface area (TPSA) is 26.3 Å². The molecule has 0 spiro atoms. The molecule has 3 rings (SSSR count). The Morgan fingerprint density at radius 3 is 2.77 bits per heavy atom. The second-order valence-electron chi connectivity index (χ2n) is 8.75. The number of hydrogen-bond acceptors (Lipinski definition) is 2. The lowest BCUT2D eigenvalue weighted by atomic mass is 9.46. The van der Waals surface area contributed by atoms with Crippen molar-refractivity contribution in [2.24, 2.45) is 28.6 Å². The summed E-state index contributed by atoms with van der Waals surface area (Å²) in [4.78, 5) is 12.7. The van der Waals surface area contributed by atoms with E-state index in [1.165, 1.54) is 6.42 Å². The van der Waals surface area contributed by atoms with E-state index in [2.05, 4.69) is 40.3 Å². The minimum atomic E-state index is -0.219. The van der Waals surface area contributed by atoms with Gasteiger partial charge in [0, 0.05) is 11.3 Å². The quantitative estimate of drug-likeness (QED) is 0.532. The number of hydrogen-bond donors (Lipinski definition) is 0. The van der Waals surface area contributed by atoms with Gasteiger partial charge in [0.1, 0.15) is 5.60 Å². The van der Waals surface area contributed by atoms with Gasteiger partial charge in [-0.25, -0.2) is 0 Å². The molecule has 2 aliphatic carbocycles. The minimum Gasteiger partial charge on any atom is -0.458 e. The molecule has 22 heavy (non-hydrogen) atoms. The Labute approximate surface area is 135 Å². The third-order valence-electron chi connectivity index (χ3n) is 7.78. The number of rotatable bonds is 4. The van der Waals surface area contributed by atoms with Gasteiger partial charge >= 0.3 is 5.97 Å². The van der Waals surface area contributed by atoms with Crippen molar-refractivity contribution >= 4 is 5.97 Å². The maximum absolute atomic E-state index is 12.7. The maximum atomic E-state index is 12.7. The van der Waals surface area contributed by atoms with Crippen molar-refractivity contribution < 1.29 is 9.53 Å². The zero-order chi connectivity index (χ0) is 16.2. The van der Waals surface area contributed by atoms with Crippen LogP contribution in [0.2, 0.25) is 0 Å². The lowest BCUT2D eigenvalue weighted by Gasteiger charge is -2.58. The fourth-order valence-corrected chi connectivity index (χ4v) is 5.84. The summed E-state index contributed by atoms with van der Waals surface area (Å²) >= 11 is 0. The summed E-state index contributed by atoms with van der Waals surface area (Å²) in [6.07, 6.45) is 9.96. The molecule has 3 aliphatic rings. The van der Waals surface area contributed by atoms with Crippen LogP contribution < -0.4 is 0 Å². The van der Waals surface area contributed by atoms with Crippen LogP contribution in [0.25, 0.3) is 0 Å². The average Bonchev–Trinajstić information content (AvgIpc) is 2.61. The summed E-state index contributed by atoms with van der Waals surface area (Å²) in [5.74, 6) is 1.68. The second-order valence-corrected chi connectivity index (χ2v) is 8.75. The predicted octanol–water partition coefficient (Wildman–Crippen LogP) is 5.13. The van der Waals surface area contributed by atoms with Crippen molar-refractivity contribution in [3.63, 3.8) is 0 Å². The highest BCUT2D eigenvalue weighted by Gasteiger charge is 2.72. The highest BCUT2D eigenvalue weighted by molar-refractivity contribution is 5.80. The van der Waals surface area contributed by atoms with Gasteiger partial charge in [0.15, 0.2) is 0 Å². The highest BCUT2D eigenvalue weighted by atomic mass is 16.6. The van der Waals surface area contributed by atoms with Crippen LogP contribution in [0.5, 0.6) is 0 Å². The van der Waals surface area contributed by atoms with Crippen LogP contribution in [0.1, 0.15) is 72.6 Å². The molecule has 2 bridgehead atoms. The number of carbonyl (C=O) groups is 1. The van der Waals surface area contributed by atoms with Gasteiger partial charge in [-0.2, -0.15) is 0 Å². The van der Waals surface area contributed by atoms with Crippen LogP contribution in [0.15, 0.2) is 12.7 Å². The van der Waals surface area contributed by atoms with Crippen molar-refractivity contribution in [3.8, 4) is 0 Å². The lowest BCUT2D eigenvalue weighted by molar-refractivity contribution is -0.188. The van der Waals surface area contributed by atoms with E-state index in [1.54, 1.807) is 0 Å². The summed E-state index contributed by atoms with van der Waals surface area (Å²) in [6, 6.07) is 0. The van der Waals surface area contributed by atoms with Crippen LogP contribution in [-0.2, 0) is 9.53 Å². The monoisotopic (exact) mass is 304 g/mol. The van der Waals surface area contributed by atoms with E-state index in [1.807, 2.05) is 0 Å². The first-order valence-corrected chi connectivity index (χ1v) is 9.16. The van der Waals surface area contributed by atoms with Gasteiger partial charge in [-0.05, 0) is 63.7 Å². The molecule has 0 amide bonds. The van der Waals surface area contributed by atoms with Gasteiger partial charge in [-0.1, -0.05) is 26.8 Å². The fourth-order valence-electron chi connectivity index (χ4n) is 5.84. The SMILES string of the molecule is C=C[C@H](C)CC[C@@]1(C)[C@H](C)CC[C@H]2[C@]3(C)CCC[C@@]21OC3=O. The van der Waals surface area contributed by atoms with Crippen LogP contribution in [0.3, 0.4) is 0 Å². The molecule has 1 saturated heterocycles. The molecular formula is C20H32O2. The molecule has 0 aromatic rings. The summed E-state index contributed by atoms with van der Waals surface area (Å²) in [5.41, 5.74) is -0.305. The molecule has 2 saturated carbocycles. The normalized spacial score (nSPS) is 48.5. The molecule has 0 aromatic heterocycles. The van der Waals surface area contributed by atoms with Gasteiger partial charge in [0.25, 0.3) is 0 Å². The first kappa shape index (κ1) is 16.1. The summed E-state index contributed by atoms with van der Waals surface area (Å²) in [6.45, 7) is 13.1. The van der Waals surface area contributed by atoms with E-state index in [-0.39, 0.29) is 22.4 Å². The third-order valence-corrected chi connectivity index (χ3v) is 7.78. The number of esters is 1. The van der Waals surface area contributed by atoms with Crippen molar-refractivity contribution in [1.29, 1.82) is 0 Å². The molecule has 0 radical (unpaired) electrons. The lowest BCUT2D eigenvalue weighted by Crippen LogP contribution is -2.60. The molecule has 3 fully saturated rings. The Morgan fingerprint density at radius 2 is 2.09 bits per heavy atom. The van der Waals surface area contributed by atoms with Crippen LogP contribution >= 0.6 is 0 Å². The Morgan fingerprint density at radius 1 is 1.36 bits per heavy atom. The first-order valence-electron chi connectivity index (χ1n) is 9.16. The van der Waals surface area contributed by atoms with Gasteiger partial charge in [0.2, 0.25) is 0 Å². The van der Waals surface area contributed by atoms with Crippen molar-refractivity contribution in [2.75, 3.05) is 0 Å². The van der Waals surface area contributed by atoms with E-state index < -0.39 is 0 Å². The largest absolute Gasteiger partial charge is 0.458 e. The first-order chi connectivity index (χ1) is 10.3. The van der Waals surface area contributed by atoms with Crippen molar-refractivity contribution in [2.45, 2.75) is 78.2 Å². The molecule has 1 heterocycles. The number of ether oxygens (including phenoxy) is 1. The molecule has 2 heteroatoms. The summed E-state index contributed by atoms with van der Waals surface area (Å²) in [5, 5.41) is 0. The molecule has 2 nitrogen and oxygen atoms in total. The van der Waals surface area contributed by atoms with Gasteiger partial charge in [-0.3, -0.25) is 4.79 Å². The minimum absolute atomic E-state index is 0.0899. The standard InChI is InChI=1S/C20H32O2/c1-6-14(2)10-13-19(5)15(3)8-9-16-18(4)11-7-12-20(16,19)22-17(18)21/h6,14-16H,1,7-13H2,2-5H3/t14-,15+,16-,18-,19-,20+/m0/s1. The maximum Gasteiger partial charge on any atom is 0.312 e. The number of carbonyl (C=O) groups excluding carboxylic acids is 1. The van der Waals surface area contributed by atoms with Crippen molar-refractivity contribution in [1.82, 2.24) is 0 Å². The molecule has 1 aliphatic heterocycles. The molecule has 124 valence electrons. The average molecular weight is 304 g/mol. The van der Waals surface area contributed by atoms with E-state index in [9.17, 15) is 4.79 Å².